The number of benzene rings is 1. The molecule has 0 spiro atoms. The predicted octanol–water partition coefficient (Wildman–Crippen LogP) is 2.28. The molecular weight excluding hydrogens is 190 g/mol. The van der Waals surface area contributed by atoms with E-state index in [1.807, 2.05) is 18.2 Å². The summed E-state index contributed by atoms with van der Waals surface area (Å²) >= 11 is 0. The van der Waals surface area contributed by atoms with E-state index in [1.54, 1.807) is 20.3 Å². The van der Waals surface area contributed by atoms with Crippen LogP contribution in [-0.4, -0.2) is 14.2 Å². The van der Waals surface area contributed by atoms with Crippen molar-refractivity contribution in [1.82, 2.24) is 0 Å². The minimum Gasteiger partial charge on any atom is -0.496 e. The van der Waals surface area contributed by atoms with Crippen LogP contribution < -0.4 is 15.2 Å². The Hall–Kier alpha value is -1.48. The molecule has 1 rings (SSSR count). The summed E-state index contributed by atoms with van der Waals surface area (Å²) in [6.45, 7) is 3.68. The average molecular weight is 207 g/mol. The lowest BCUT2D eigenvalue weighted by molar-refractivity contribution is 0.379. The number of nitrogens with two attached hydrogens (primary N) is 1. The van der Waals surface area contributed by atoms with Gasteiger partial charge in [0.1, 0.15) is 11.5 Å². The van der Waals surface area contributed by atoms with Crippen molar-refractivity contribution in [2.24, 2.45) is 5.73 Å². The Kier molecular flexibility index (Phi) is 4.18. The number of hydrogen-bond acceptors (Lipinski definition) is 3. The average Bonchev–Trinajstić information content (AvgIpc) is 2.28. The Balaban J connectivity index is 3.14. The third-order valence-corrected chi connectivity index (χ3v) is 2.26. The van der Waals surface area contributed by atoms with Gasteiger partial charge in [-0.1, -0.05) is 12.1 Å². The highest BCUT2D eigenvalue weighted by molar-refractivity contribution is 5.47. The standard InChI is InChI=1S/C12H17NO2/c1-4-6-9(13)12-10(14-2)7-5-8-11(12)15-3/h4-5,7-9H,1,6,13H2,2-3H3/t9-/m1/s1. The molecule has 0 heterocycles. The molecule has 0 bridgehead atoms. The second-order valence-corrected chi connectivity index (χ2v) is 3.21. The van der Waals surface area contributed by atoms with Crippen LogP contribution in [0.15, 0.2) is 30.9 Å². The molecule has 3 nitrogen and oxygen atoms in total. The molecule has 1 aromatic rings. The molecule has 0 saturated heterocycles. The molecule has 0 unspecified atom stereocenters. The summed E-state index contributed by atoms with van der Waals surface area (Å²) in [6.07, 6.45) is 2.48. The summed E-state index contributed by atoms with van der Waals surface area (Å²) in [5.74, 6) is 1.51. The van der Waals surface area contributed by atoms with E-state index in [9.17, 15) is 0 Å². The summed E-state index contributed by atoms with van der Waals surface area (Å²) in [4.78, 5) is 0. The predicted molar refractivity (Wildman–Crippen MR) is 61.3 cm³/mol. The first kappa shape index (κ1) is 11.6. The third kappa shape index (κ3) is 2.50. The first-order valence-electron chi connectivity index (χ1n) is 4.82. The van der Waals surface area contributed by atoms with Crippen LogP contribution in [0.25, 0.3) is 0 Å². The van der Waals surface area contributed by atoms with Crippen molar-refractivity contribution in [1.29, 1.82) is 0 Å². The highest BCUT2D eigenvalue weighted by atomic mass is 16.5. The zero-order chi connectivity index (χ0) is 11.3. The Labute approximate surface area is 90.5 Å². The minimum absolute atomic E-state index is 0.145. The maximum atomic E-state index is 6.03. The van der Waals surface area contributed by atoms with Crippen LogP contribution in [0.5, 0.6) is 11.5 Å². The summed E-state index contributed by atoms with van der Waals surface area (Å²) in [5, 5.41) is 0. The molecule has 1 atom stereocenters. The summed E-state index contributed by atoms with van der Waals surface area (Å²) in [5.41, 5.74) is 6.92. The van der Waals surface area contributed by atoms with Crippen LogP contribution in [-0.2, 0) is 0 Å². The Morgan fingerprint density at radius 3 is 2.27 bits per heavy atom. The van der Waals surface area contributed by atoms with Crippen LogP contribution >= 0.6 is 0 Å². The fourth-order valence-electron chi connectivity index (χ4n) is 1.54. The first-order chi connectivity index (χ1) is 7.24. The van der Waals surface area contributed by atoms with Gasteiger partial charge in [-0.25, -0.2) is 0 Å². The van der Waals surface area contributed by atoms with E-state index in [1.165, 1.54) is 0 Å². The molecule has 0 amide bonds. The van der Waals surface area contributed by atoms with Gasteiger partial charge in [0.25, 0.3) is 0 Å². The number of hydrogen-bond donors (Lipinski definition) is 1. The van der Waals surface area contributed by atoms with Gasteiger partial charge >= 0.3 is 0 Å². The lowest BCUT2D eigenvalue weighted by Gasteiger charge is -2.17. The normalized spacial score (nSPS) is 11.9. The highest BCUT2D eigenvalue weighted by Crippen LogP contribution is 2.34. The van der Waals surface area contributed by atoms with Gasteiger partial charge in [0.05, 0.1) is 19.8 Å². The summed E-state index contributed by atoms with van der Waals surface area (Å²) < 4.78 is 10.5. The Morgan fingerprint density at radius 1 is 1.33 bits per heavy atom. The summed E-state index contributed by atoms with van der Waals surface area (Å²) in [7, 11) is 3.25. The molecule has 15 heavy (non-hydrogen) atoms. The fourth-order valence-corrected chi connectivity index (χ4v) is 1.54. The van der Waals surface area contributed by atoms with E-state index < -0.39 is 0 Å². The van der Waals surface area contributed by atoms with Crippen LogP contribution in [0.3, 0.4) is 0 Å². The Morgan fingerprint density at radius 2 is 1.87 bits per heavy atom. The largest absolute Gasteiger partial charge is 0.496 e. The third-order valence-electron chi connectivity index (χ3n) is 2.26. The van der Waals surface area contributed by atoms with Crippen LogP contribution in [0.1, 0.15) is 18.0 Å². The second-order valence-electron chi connectivity index (χ2n) is 3.21. The molecule has 0 aliphatic carbocycles. The SMILES string of the molecule is C=CC[C@@H](N)c1c(OC)cccc1OC. The van der Waals surface area contributed by atoms with Crippen molar-refractivity contribution in [3.63, 3.8) is 0 Å². The van der Waals surface area contributed by atoms with Gasteiger partial charge in [-0.3, -0.25) is 0 Å². The fraction of sp³-hybridized carbons (Fsp3) is 0.333. The van der Waals surface area contributed by atoms with Crippen molar-refractivity contribution in [3.8, 4) is 11.5 Å². The van der Waals surface area contributed by atoms with Crippen molar-refractivity contribution in [3.05, 3.63) is 36.4 Å². The minimum atomic E-state index is -0.145. The monoisotopic (exact) mass is 207 g/mol. The number of rotatable bonds is 5. The molecular formula is C12H17NO2. The van der Waals surface area contributed by atoms with E-state index >= 15 is 0 Å². The number of ether oxygens (including phenoxy) is 2. The molecule has 0 fully saturated rings. The van der Waals surface area contributed by atoms with Crippen LogP contribution in [0.4, 0.5) is 0 Å². The van der Waals surface area contributed by atoms with Gasteiger partial charge in [-0.05, 0) is 18.6 Å². The Bertz CT molecular complexity index is 314. The van der Waals surface area contributed by atoms with Crippen molar-refractivity contribution >= 4 is 0 Å². The van der Waals surface area contributed by atoms with Gasteiger partial charge in [-0.2, -0.15) is 0 Å². The topological polar surface area (TPSA) is 44.5 Å². The highest BCUT2D eigenvalue weighted by Gasteiger charge is 2.15. The number of methoxy groups -OCH3 is 2. The zero-order valence-corrected chi connectivity index (χ0v) is 9.19. The van der Waals surface area contributed by atoms with Gasteiger partial charge in [-0.15, -0.1) is 6.58 Å². The quantitative estimate of drug-likeness (QED) is 0.753. The molecule has 2 N–H and O–H groups in total. The van der Waals surface area contributed by atoms with Crippen molar-refractivity contribution in [2.75, 3.05) is 14.2 Å². The summed E-state index contributed by atoms with van der Waals surface area (Å²) in [6, 6.07) is 5.48. The van der Waals surface area contributed by atoms with E-state index in [2.05, 4.69) is 6.58 Å². The molecule has 0 aromatic heterocycles. The molecule has 0 saturated carbocycles. The van der Waals surface area contributed by atoms with Gasteiger partial charge in [0.15, 0.2) is 0 Å². The second kappa shape index (κ2) is 5.41. The van der Waals surface area contributed by atoms with E-state index in [-0.39, 0.29) is 6.04 Å². The maximum Gasteiger partial charge on any atom is 0.127 e. The van der Waals surface area contributed by atoms with E-state index in [0.29, 0.717) is 6.42 Å². The lowest BCUT2D eigenvalue weighted by Crippen LogP contribution is -2.12. The molecule has 0 aliphatic heterocycles. The van der Waals surface area contributed by atoms with Gasteiger partial charge < -0.3 is 15.2 Å². The molecule has 0 radical (unpaired) electrons. The molecule has 0 aliphatic rings. The zero-order valence-electron chi connectivity index (χ0n) is 9.19. The lowest BCUT2D eigenvalue weighted by atomic mass is 10.0. The molecule has 1 aromatic carbocycles. The van der Waals surface area contributed by atoms with Crippen LogP contribution in [0.2, 0.25) is 0 Å². The smallest absolute Gasteiger partial charge is 0.127 e. The molecule has 82 valence electrons. The van der Waals surface area contributed by atoms with Crippen molar-refractivity contribution in [2.45, 2.75) is 12.5 Å². The first-order valence-corrected chi connectivity index (χ1v) is 4.82. The maximum absolute atomic E-state index is 6.03. The van der Waals surface area contributed by atoms with E-state index in [4.69, 9.17) is 15.2 Å². The van der Waals surface area contributed by atoms with Gasteiger partial charge in [0.2, 0.25) is 0 Å². The van der Waals surface area contributed by atoms with Crippen LogP contribution in [0, 0.1) is 0 Å². The van der Waals surface area contributed by atoms with Gasteiger partial charge in [0, 0.05) is 6.04 Å². The molecule has 3 heteroatoms. The van der Waals surface area contributed by atoms with E-state index in [0.717, 1.165) is 17.1 Å². The van der Waals surface area contributed by atoms with Crippen molar-refractivity contribution < 1.29 is 9.47 Å².